The number of hydrogen-bond donors (Lipinski definition) is 2. The predicted molar refractivity (Wildman–Crippen MR) is 77.7 cm³/mol. The molecule has 100 valence electrons. The van der Waals surface area contributed by atoms with Gasteiger partial charge in [0.25, 0.3) is 5.91 Å². The minimum absolute atomic E-state index is 0.0833. The van der Waals surface area contributed by atoms with Crippen LogP contribution in [0.5, 0.6) is 5.75 Å². The second-order valence-corrected chi connectivity index (χ2v) is 5.93. The molecule has 1 amide bonds. The van der Waals surface area contributed by atoms with E-state index in [-0.39, 0.29) is 22.4 Å². The number of nitrogens with zero attached hydrogens (tertiary/aromatic N) is 1. The van der Waals surface area contributed by atoms with Gasteiger partial charge in [0.1, 0.15) is 4.88 Å². The molecule has 7 heteroatoms. The number of phenolic OH excluding ortho intramolecular Hbond substituents is 1. The quantitative estimate of drug-likeness (QED) is 0.822. The monoisotopic (exact) mass is 316 g/mol. The van der Waals surface area contributed by atoms with Gasteiger partial charge in [0.05, 0.1) is 21.4 Å². The Balaban J connectivity index is 2.31. The first kappa shape index (κ1) is 14.1. The van der Waals surface area contributed by atoms with E-state index < -0.39 is 0 Å². The molecule has 1 aromatic heterocycles. The number of hydrogen-bond acceptors (Lipinski definition) is 4. The summed E-state index contributed by atoms with van der Waals surface area (Å²) < 4.78 is 0. The Morgan fingerprint density at radius 1 is 1.37 bits per heavy atom. The van der Waals surface area contributed by atoms with Crippen molar-refractivity contribution in [2.45, 2.75) is 13.8 Å². The van der Waals surface area contributed by atoms with Crippen LogP contribution < -0.4 is 5.32 Å². The first-order chi connectivity index (χ1) is 8.88. The van der Waals surface area contributed by atoms with Crippen LogP contribution in [-0.4, -0.2) is 16.0 Å². The zero-order valence-corrected chi connectivity index (χ0v) is 12.4. The highest BCUT2D eigenvalue weighted by Gasteiger charge is 2.16. The summed E-state index contributed by atoms with van der Waals surface area (Å²) in [6.45, 7) is 3.57. The van der Waals surface area contributed by atoms with Gasteiger partial charge in [0.15, 0.2) is 5.75 Å². The third kappa shape index (κ3) is 3.00. The zero-order chi connectivity index (χ0) is 14.2. The molecule has 2 rings (SSSR count). The molecule has 0 radical (unpaired) electrons. The molecule has 0 saturated heterocycles. The van der Waals surface area contributed by atoms with Crippen molar-refractivity contribution < 1.29 is 9.90 Å². The summed E-state index contributed by atoms with van der Waals surface area (Å²) in [4.78, 5) is 16.8. The molecule has 4 nitrogen and oxygen atoms in total. The lowest BCUT2D eigenvalue weighted by Gasteiger charge is -2.08. The Morgan fingerprint density at radius 3 is 2.63 bits per heavy atom. The highest BCUT2D eigenvalue weighted by atomic mass is 35.5. The number of benzene rings is 1. The summed E-state index contributed by atoms with van der Waals surface area (Å²) in [6.07, 6.45) is 0. The van der Waals surface area contributed by atoms with Crippen LogP contribution in [0, 0.1) is 13.8 Å². The van der Waals surface area contributed by atoms with Crippen molar-refractivity contribution in [3.8, 4) is 5.75 Å². The molecule has 1 heterocycles. The van der Waals surface area contributed by atoms with Crippen molar-refractivity contribution >= 4 is 46.1 Å². The number of anilines is 1. The Bertz CT molecular complexity index is 655. The molecular weight excluding hydrogens is 307 g/mol. The minimum atomic E-state index is -0.350. The largest absolute Gasteiger partial charge is 0.504 e. The number of aryl methyl sites for hydroxylation is 2. The number of aromatic nitrogens is 1. The number of carbonyl (C=O) groups is 1. The second kappa shape index (κ2) is 5.36. The van der Waals surface area contributed by atoms with E-state index >= 15 is 0 Å². The summed E-state index contributed by atoms with van der Waals surface area (Å²) in [7, 11) is 0. The molecule has 0 bridgehead atoms. The summed E-state index contributed by atoms with van der Waals surface area (Å²) in [5.41, 5.74) is 0.820. The van der Waals surface area contributed by atoms with E-state index in [0.29, 0.717) is 15.6 Å². The van der Waals surface area contributed by atoms with E-state index in [1.54, 1.807) is 6.92 Å². The molecule has 2 aromatic rings. The van der Waals surface area contributed by atoms with E-state index in [4.69, 9.17) is 23.2 Å². The fourth-order valence-corrected chi connectivity index (χ4v) is 2.89. The van der Waals surface area contributed by atoms with Crippen LogP contribution in [0.25, 0.3) is 0 Å². The molecule has 0 fully saturated rings. The van der Waals surface area contributed by atoms with Gasteiger partial charge in [-0.15, -0.1) is 11.3 Å². The average Bonchev–Trinajstić information content (AvgIpc) is 2.64. The van der Waals surface area contributed by atoms with Gasteiger partial charge in [0.2, 0.25) is 0 Å². The normalized spacial score (nSPS) is 10.5. The number of carbonyl (C=O) groups excluding carboxylic acids is 1. The number of rotatable bonds is 2. The average molecular weight is 317 g/mol. The molecule has 0 aliphatic carbocycles. The van der Waals surface area contributed by atoms with Gasteiger partial charge >= 0.3 is 0 Å². The van der Waals surface area contributed by atoms with E-state index in [1.165, 1.54) is 23.5 Å². The maximum Gasteiger partial charge on any atom is 0.267 e. The number of amides is 1. The van der Waals surface area contributed by atoms with Crippen LogP contribution in [0.15, 0.2) is 12.1 Å². The third-order valence-corrected chi connectivity index (χ3v) is 3.96. The van der Waals surface area contributed by atoms with Crippen LogP contribution in [0.3, 0.4) is 0 Å². The maximum absolute atomic E-state index is 12.1. The van der Waals surface area contributed by atoms with Crippen LogP contribution in [0.2, 0.25) is 10.0 Å². The summed E-state index contributed by atoms with van der Waals surface area (Å²) in [6, 6.07) is 2.83. The van der Waals surface area contributed by atoms with Crippen LogP contribution in [0.1, 0.15) is 20.4 Å². The maximum atomic E-state index is 12.1. The summed E-state index contributed by atoms with van der Waals surface area (Å²) >= 11 is 12.9. The van der Waals surface area contributed by atoms with Crippen molar-refractivity contribution in [3.63, 3.8) is 0 Å². The zero-order valence-electron chi connectivity index (χ0n) is 10.1. The molecule has 0 spiro atoms. The van der Waals surface area contributed by atoms with Gasteiger partial charge in [-0.05, 0) is 26.0 Å². The lowest BCUT2D eigenvalue weighted by molar-refractivity contribution is 0.102. The van der Waals surface area contributed by atoms with Crippen molar-refractivity contribution in [3.05, 3.63) is 37.8 Å². The van der Waals surface area contributed by atoms with Crippen LogP contribution in [-0.2, 0) is 0 Å². The summed E-state index contributed by atoms with van der Waals surface area (Å²) in [5, 5.41) is 13.6. The van der Waals surface area contributed by atoms with E-state index in [0.717, 1.165) is 5.01 Å². The molecule has 0 atom stereocenters. The number of aromatic hydroxyl groups is 1. The van der Waals surface area contributed by atoms with Crippen LogP contribution in [0.4, 0.5) is 5.69 Å². The molecule has 0 aliphatic rings. The van der Waals surface area contributed by atoms with Crippen LogP contribution >= 0.6 is 34.5 Å². The molecular formula is C12H10Cl2N2O2S. The lowest BCUT2D eigenvalue weighted by Crippen LogP contribution is -2.11. The number of halogens is 2. The Labute approximate surface area is 124 Å². The summed E-state index contributed by atoms with van der Waals surface area (Å²) in [5.74, 6) is -0.560. The van der Waals surface area contributed by atoms with E-state index in [1.807, 2.05) is 6.92 Å². The van der Waals surface area contributed by atoms with Crippen molar-refractivity contribution in [1.29, 1.82) is 0 Å². The highest BCUT2D eigenvalue weighted by molar-refractivity contribution is 7.13. The van der Waals surface area contributed by atoms with Crippen molar-refractivity contribution in [1.82, 2.24) is 4.98 Å². The molecule has 0 aliphatic heterocycles. The fraction of sp³-hybridized carbons (Fsp3) is 0.167. The van der Waals surface area contributed by atoms with Crippen molar-refractivity contribution in [2.75, 3.05) is 5.32 Å². The molecule has 0 saturated carbocycles. The Hall–Kier alpha value is -1.30. The van der Waals surface area contributed by atoms with Gasteiger partial charge in [-0.1, -0.05) is 23.2 Å². The topological polar surface area (TPSA) is 62.2 Å². The Kier molecular flexibility index (Phi) is 3.99. The first-order valence-corrected chi connectivity index (χ1v) is 6.89. The highest BCUT2D eigenvalue weighted by Crippen LogP contribution is 2.35. The minimum Gasteiger partial charge on any atom is -0.504 e. The number of nitrogens with one attached hydrogen (secondary N) is 1. The molecule has 0 unspecified atom stereocenters. The van der Waals surface area contributed by atoms with Gasteiger partial charge in [-0.25, -0.2) is 4.98 Å². The van der Waals surface area contributed by atoms with Gasteiger partial charge < -0.3 is 10.4 Å². The van der Waals surface area contributed by atoms with Gasteiger partial charge in [-0.3, -0.25) is 4.79 Å². The fourth-order valence-electron chi connectivity index (χ4n) is 1.58. The van der Waals surface area contributed by atoms with Gasteiger partial charge in [-0.2, -0.15) is 0 Å². The first-order valence-electron chi connectivity index (χ1n) is 5.32. The lowest BCUT2D eigenvalue weighted by atomic mass is 10.2. The van der Waals surface area contributed by atoms with E-state index in [2.05, 4.69) is 10.3 Å². The third-order valence-electron chi connectivity index (χ3n) is 2.39. The SMILES string of the molecule is Cc1nc(C)c(C(=O)Nc2cc(Cl)cc(Cl)c2O)s1. The smallest absolute Gasteiger partial charge is 0.267 e. The standard InChI is InChI=1S/C12H10Cl2N2O2S/c1-5-11(19-6(2)15-5)12(18)16-9-4-7(13)3-8(14)10(9)17/h3-4,17H,1-2H3,(H,16,18). The van der Waals surface area contributed by atoms with E-state index in [9.17, 15) is 9.90 Å². The van der Waals surface area contributed by atoms with Gasteiger partial charge in [0, 0.05) is 5.02 Å². The molecule has 19 heavy (non-hydrogen) atoms. The predicted octanol–water partition coefficient (Wildman–Crippen LogP) is 4.02. The molecule has 1 aromatic carbocycles. The second-order valence-electron chi connectivity index (χ2n) is 3.89. The van der Waals surface area contributed by atoms with Crippen molar-refractivity contribution in [2.24, 2.45) is 0 Å². The number of thiazole rings is 1. The Morgan fingerprint density at radius 2 is 2.05 bits per heavy atom. The molecule has 2 N–H and O–H groups in total. The number of phenols is 1.